The quantitative estimate of drug-likeness (QED) is 0.477. The number of carbonyl (C=O) groups excluding carboxylic acids is 1. The molecule has 2 amide bonds. The molecule has 0 radical (unpaired) electrons. The maximum absolute atomic E-state index is 13.1. The molecular weight excluding hydrogens is 441 g/mol. The summed E-state index contributed by atoms with van der Waals surface area (Å²) in [6.07, 6.45) is 4.73. The average molecular weight is 469 g/mol. The number of hydrogen-bond donors (Lipinski definition) is 1. The number of benzene rings is 2. The summed E-state index contributed by atoms with van der Waals surface area (Å²) in [4.78, 5) is 17.4. The molecular formula is C23H28Cl3N3O. The fourth-order valence-corrected chi connectivity index (χ4v) is 4.29. The number of hydrogen-bond acceptors (Lipinski definition) is 2. The van der Waals surface area contributed by atoms with E-state index in [4.69, 9.17) is 34.8 Å². The monoisotopic (exact) mass is 467 g/mol. The second-order valence-corrected chi connectivity index (χ2v) is 9.04. The first-order chi connectivity index (χ1) is 14.4. The van der Waals surface area contributed by atoms with Crippen LogP contribution in [0.15, 0.2) is 42.5 Å². The van der Waals surface area contributed by atoms with Crippen LogP contribution in [0.2, 0.25) is 15.1 Å². The van der Waals surface area contributed by atoms with Crippen LogP contribution in [0.4, 0.5) is 10.5 Å². The molecule has 1 heterocycles. The number of amides is 2. The lowest BCUT2D eigenvalue weighted by Crippen LogP contribution is -2.40. The zero-order chi connectivity index (χ0) is 21.5. The number of urea groups is 1. The van der Waals surface area contributed by atoms with Crippen molar-refractivity contribution in [2.75, 3.05) is 25.0 Å². The number of carbonyl (C=O) groups is 1. The van der Waals surface area contributed by atoms with Gasteiger partial charge in [0, 0.05) is 30.7 Å². The molecule has 1 N–H and O–H groups in total. The van der Waals surface area contributed by atoms with Crippen molar-refractivity contribution in [1.29, 1.82) is 0 Å². The van der Waals surface area contributed by atoms with Gasteiger partial charge >= 0.3 is 6.03 Å². The lowest BCUT2D eigenvalue weighted by molar-refractivity contribution is 0.150. The highest BCUT2D eigenvalue weighted by molar-refractivity contribution is 6.43. The average Bonchev–Trinajstić information content (AvgIpc) is 2.73. The van der Waals surface area contributed by atoms with Crippen LogP contribution >= 0.6 is 34.8 Å². The Labute approximate surface area is 194 Å². The molecule has 0 saturated carbocycles. The molecule has 1 aliphatic heterocycles. The maximum Gasteiger partial charge on any atom is 0.322 e. The van der Waals surface area contributed by atoms with Crippen LogP contribution in [-0.2, 0) is 6.54 Å². The largest absolute Gasteiger partial charge is 0.322 e. The van der Waals surface area contributed by atoms with Crippen LogP contribution in [0.5, 0.6) is 0 Å². The van der Waals surface area contributed by atoms with Crippen molar-refractivity contribution >= 4 is 46.5 Å². The van der Waals surface area contributed by atoms with Crippen molar-refractivity contribution in [2.24, 2.45) is 0 Å². The summed E-state index contributed by atoms with van der Waals surface area (Å²) in [6.45, 7) is 5.57. The van der Waals surface area contributed by atoms with Crippen LogP contribution < -0.4 is 5.32 Å². The molecule has 2 aromatic rings. The van der Waals surface area contributed by atoms with Gasteiger partial charge in [-0.05, 0) is 62.6 Å². The first kappa shape index (κ1) is 23.2. The number of nitrogens with one attached hydrogen (secondary N) is 1. The van der Waals surface area contributed by atoms with Crippen molar-refractivity contribution < 1.29 is 4.79 Å². The molecule has 162 valence electrons. The highest BCUT2D eigenvalue weighted by Crippen LogP contribution is 2.30. The van der Waals surface area contributed by atoms with Gasteiger partial charge < -0.3 is 15.1 Å². The number of nitrogens with zero attached hydrogens (tertiary/aromatic N) is 2. The molecule has 1 unspecified atom stereocenters. The number of rotatable bonds is 7. The van der Waals surface area contributed by atoms with E-state index < -0.39 is 0 Å². The standard InChI is InChI=1S/C23H28Cl3N3O/c1-17-6-2-3-13-28(17)14-5-15-29(16-18-9-11-19(24)12-10-18)23(30)27-21-8-4-7-20(25)22(21)26/h4,7-12,17H,2-3,5-6,13-16H2,1H3,(H,27,30). The zero-order valence-corrected chi connectivity index (χ0v) is 19.5. The summed E-state index contributed by atoms with van der Waals surface area (Å²) < 4.78 is 0. The normalized spacial score (nSPS) is 17.0. The Morgan fingerprint density at radius 1 is 1.13 bits per heavy atom. The van der Waals surface area contributed by atoms with E-state index in [1.165, 1.54) is 19.3 Å². The van der Waals surface area contributed by atoms with E-state index in [1.54, 1.807) is 18.2 Å². The highest BCUT2D eigenvalue weighted by atomic mass is 35.5. The van der Waals surface area contributed by atoms with Crippen LogP contribution in [0.25, 0.3) is 0 Å². The summed E-state index contributed by atoms with van der Waals surface area (Å²) in [5.74, 6) is 0. The lowest BCUT2D eigenvalue weighted by Gasteiger charge is -2.34. The molecule has 30 heavy (non-hydrogen) atoms. The van der Waals surface area contributed by atoms with Gasteiger partial charge in [-0.3, -0.25) is 0 Å². The van der Waals surface area contributed by atoms with Crippen LogP contribution in [0.3, 0.4) is 0 Å². The van der Waals surface area contributed by atoms with Gasteiger partial charge in [0.2, 0.25) is 0 Å². The van der Waals surface area contributed by atoms with Gasteiger partial charge in [-0.2, -0.15) is 0 Å². The number of halogens is 3. The molecule has 7 heteroatoms. The second-order valence-electron chi connectivity index (χ2n) is 7.81. The van der Waals surface area contributed by atoms with Crippen LogP contribution in [0, 0.1) is 0 Å². The Morgan fingerprint density at radius 3 is 2.63 bits per heavy atom. The van der Waals surface area contributed by atoms with Gasteiger partial charge in [-0.25, -0.2) is 4.79 Å². The topological polar surface area (TPSA) is 35.6 Å². The summed E-state index contributed by atoms with van der Waals surface area (Å²) in [7, 11) is 0. The Kier molecular flexibility index (Phi) is 8.70. The van der Waals surface area contributed by atoms with E-state index in [-0.39, 0.29) is 6.03 Å². The van der Waals surface area contributed by atoms with E-state index in [0.29, 0.717) is 39.9 Å². The molecule has 1 aliphatic rings. The smallest absolute Gasteiger partial charge is 0.320 e. The predicted molar refractivity (Wildman–Crippen MR) is 127 cm³/mol. The number of likely N-dealkylation sites (tertiary alicyclic amines) is 1. The molecule has 0 spiro atoms. The van der Waals surface area contributed by atoms with Gasteiger partial charge in [-0.1, -0.05) is 59.4 Å². The van der Waals surface area contributed by atoms with E-state index in [0.717, 1.165) is 25.1 Å². The summed E-state index contributed by atoms with van der Waals surface area (Å²) >= 11 is 18.4. The minimum absolute atomic E-state index is 0.194. The van der Waals surface area contributed by atoms with E-state index in [1.807, 2.05) is 29.2 Å². The molecule has 3 rings (SSSR count). The molecule has 1 saturated heterocycles. The third-order valence-electron chi connectivity index (χ3n) is 5.58. The Morgan fingerprint density at radius 2 is 1.90 bits per heavy atom. The second kappa shape index (κ2) is 11.2. The Balaban J connectivity index is 1.66. The predicted octanol–water partition coefficient (Wildman–Crippen LogP) is 6.95. The molecule has 1 atom stereocenters. The molecule has 0 aromatic heterocycles. The summed E-state index contributed by atoms with van der Waals surface area (Å²) in [6, 6.07) is 13.2. The van der Waals surface area contributed by atoms with Crippen LogP contribution in [-0.4, -0.2) is 41.5 Å². The fourth-order valence-electron chi connectivity index (χ4n) is 3.81. The van der Waals surface area contributed by atoms with Crippen molar-refractivity contribution in [1.82, 2.24) is 9.80 Å². The highest BCUT2D eigenvalue weighted by Gasteiger charge is 2.20. The zero-order valence-electron chi connectivity index (χ0n) is 17.2. The van der Waals surface area contributed by atoms with Crippen molar-refractivity contribution in [3.05, 3.63) is 63.1 Å². The first-order valence-electron chi connectivity index (χ1n) is 10.4. The molecule has 1 fully saturated rings. The SMILES string of the molecule is CC1CCCCN1CCCN(Cc1ccc(Cl)cc1)C(=O)Nc1cccc(Cl)c1Cl. The van der Waals surface area contributed by atoms with Crippen molar-refractivity contribution in [3.8, 4) is 0 Å². The van der Waals surface area contributed by atoms with Crippen molar-refractivity contribution in [2.45, 2.75) is 45.2 Å². The van der Waals surface area contributed by atoms with Gasteiger partial charge in [0.15, 0.2) is 0 Å². The summed E-state index contributed by atoms with van der Waals surface area (Å²) in [5, 5.41) is 4.35. The van der Waals surface area contributed by atoms with E-state index in [2.05, 4.69) is 17.1 Å². The van der Waals surface area contributed by atoms with E-state index >= 15 is 0 Å². The van der Waals surface area contributed by atoms with Crippen LogP contribution in [0.1, 0.15) is 38.2 Å². The van der Waals surface area contributed by atoms with Crippen molar-refractivity contribution in [3.63, 3.8) is 0 Å². The van der Waals surface area contributed by atoms with Gasteiger partial charge in [-0.15, -0.1) is 0 Å². The molecule has 2 aromatic carbocycles. The molecule has 4 nitrogen and oxygen atoms in total. The fraction of sp³-hybridized carbons (Fsp3) is 0.435. The molecule has 0 bridgehead atoms. The van der Waals surface area contributed by atoms with Gasteiger partial charge in [0.25, 0.3) is 0 Å². The maximum atomic E-state index is 13.1. The van der Waals surface area contributed by atoms with Gasteiger partial charge in [0.05, 0.1) is 15.7 Å². The van der Waals surface area contributed by atoms with Gasteiger partial charge in [0.1, 0.15) is 0 Å². The number of piperidine rings is 1. The number of anilines is 1. The molecule has 0 aliphatic carbocycles. The lowest BCUT2D eigenvalue weighted by atomic mass is 10.0. The Hall–Kier alpha value is -1.46. The third-order valence-corrected chi connectivity index (χ3v) is 6.65. The first-order valence-corrected chi connectivity index (χ1v) is 11.6. The minimum atomic E-state index is -0.194. The Bertz CT molecular complexity index is 844. The summed E-state index contributed by atoms with van der Waals surface area (Å²) in [5.41, 5.74) is 1.54. The van der Waals surface area contributed by atoms with E-state index in [9.17, 15) is 4.79 Å². The third kappa shape index (κ3) is 6.52. The minimum Gasteiger partial charge on any atom is -0.320 e.